The summed E-state index contributed by atoms with van der Waals surface area (Å²) in [6.07, 6.45) is 5.47. The number of carbonyl (C=O) groups is 1. The maximum absolute atomic E-state index is 10.9. The summed E-state index contributed by atoms with van der Waals surface area (Å²) < 4.78 is 0. The third-order valence-electron chi connectivity index (χ3n) is 2.46. The molecule has 0 spiro atoms. The van der Waals surface area contributed by atoms with Gasteiger partial charge in [0.2, 0.25) is 5.91 Å². The fourth-order valence-electron chi connectivity index (χ4n) is 1.42. The van der Waals surface area contributed by atoms with Crippen molar-refractivity contribution in [1.29, 1.82) is 0 Å². The minimum atomic E-state index is 0.114. The van der Waals surface area contributed by atoms with Gasteiger partial charge in [0, 0.05) is 26.1 Å². The molecule has 0 saturated carbocycles. The molecule has 0 fully saturated rings. The molecule has 0 aromatic rings. The number of hydrogen-bond donors (Lipinski definition) is 2. The summed E-state index contributed by atoms with van der Waals surface area (Å²) in [5.41, 5.74) is 0. The fourth-order valence-corrected chi connectivity index (χ4v) is 1.42. The summed E-state index contributed by atoms with van der Waals surface area (Å²) in [7, 11) is 1.68. The average molecular weight is 200 g/mol. The Hall–Kier alpha value is -0.570. The summed E-state index contributed by atoms with van der Waals surface area (Å²) in [6.45, 7) is 5.19. The van der Waals surface area contributed by atoms with Crippen molar-refractivity contribution >= 4 is 5.91 Å². The van der Waals surface area contributed by atoms with Crippen molar-refractivity contribution in [3.05, 3.63) is 0 Å². The smallest absolute Gasteiger partial charge is 0.221 e. The molecule has 0 aromatic heterocycles. The van der Waals surface area contributed by atoms with E-state index in [0.717, 1.165) is 13.0 Å². The topological polar surface area (TPSA) is 41.1 Å². The highest BCUT2D eigenvalue weighted by Crippen LogP contribution is 2.03. The molecule has 3 nitrogen and oxygen atoms in total. The van der Waals surface area contributed by atoms with Gasteiger partial charge in [-0.15, -0.1) is 0 Å². The van der Waals surface area contributed by atoms with Gasteiger partial charge in [0.25, 0.3) is 0 Å². The Labute approximate surface area is 87.6 Å². The third-order valence-corrected chi connectivity index (χ3v) is 2.46. The van der Waals surface area contributed by atoms with E-state index in [0.29, 0.717) is 12.5 Å². The van der Waals surface area contributed by atoms with Gasteiger partial charge in [-0.1, -0.05) is 26.7 Å². The van der Waals surface area contributed by atoms with Crippen molar-refractivity contribution in [2.45, 2.75) is 52.0 Å². The Morgan fingerprint density at radius 2 is 2.07 bits per heavy atom. The zero-order valence-corrected chi connectivity index (χ0v) is 9.73. The van der Waals surface area contributed by atoms with Crippen LogP contribution in [0.1, 0.15) is 46.0 Å². The summed E-state index contributed by atoms with van der Waals surface area (Å²) in [6, 6.07) is 0.583. The maximum Gasteiger partial charge on any atom is 0.221 e. The van der Waals surface area contributed by atoms with Crippen molar-refractivity contribution in [2.24, 2.45) is 0 Å². The van der Waals surface area contributed by atoms with E-state index >= 15 is 0 Å². The van der Waals surface area contributed by atoms with E-state index < -0.39 is 0 Å². The van der Waals surface area contributed by atoms with Crippen LogP contribution in [0.15, 0.2) is 0 Å². The van der Waals surface area contributed by atoms with Crippen molar-refractivity contribution < 1.29 is 4.79 Å². The molecule has 14 heavy (non-hydrogen) atoms. The molecule has 2 N–H and O–H groups in total. The largest absolute Gasteiger partial charge is 0.359 e. The van der Waals surface area contributed by atoms with Gasteiger partial charge in [-0.3, -0.25) is 4.79 Å². The van der Waals surface area contributed by atoms with Crippen molar-refractivity contribution in [3.8, 4) is 0 Å². The minimum absolute atomic E-state index is 0.114. The van der Waals surface area contributed by atoms with Crippen LogP contribution in [-0.4, -0.2) is 25.5 Å². The van der Waals surface area contributed by atoms with Gasteiger partial charge < -0.3 is 10.6 Å². The van der Waals surface area contributed by atoms with Gasteiger partial charge in [-0.25, -0.2) is 0 Å². The lowest BCUT2D eigenvalue weighted by Crippen LogP contribution is -2.32. The number of hydrogen-bond acceptors (Lipinski definition) is 2. The van der Waals surface area contributed by atoms with Gasteiger partial charge in [0.05, 0.1) is 0 Å². The molecule has 84 valence electrons. The van der Waals surface area contributed by atoms with Crippen LogP contribution >= 0.6 is 0 Å². The Morgan fingerprint density at radius 1 is 1.36 bits per heavy atom. The van der Waals surface area contributed by atoms with Crippen LogP contribution in [-0.2, 0) is 4.79 Å². The van der Waals surface area contributed by atoms with Crippen molar-refractivity contribution in [1.82, 2.24) is 10.6 Å². The summed E-state index contributed by atoms with van der Waals surface area (Å²) in [5, 5.41) is 6.03. The summed E-state index contributed by atoms with van der Waals surface area (Å²) in [5.74, 6) is 0.114. The molecule has 0 radical (unpaired) electrons. The molecule has 1 amide bonds. The summed E-state index contributed by atoms with van der Waals surface area (Å²) in [4.78, 5) is 10.9. The monoisotopic (exact) mass is 200 g/mol. The molecular formula is C11H24N2O. The second kappa shape index (κ2) is 9.00. The van der Waals surface area contributed by atoms with Crippen LogP contribution in [0.3, 0.4) is 0 Å². The van der Waals surface area contributed by atoms with E-state index in [1.54, 1.807) is 7.05 Å². The van der Waals surface area contributed by atoms with Crippen LogP contribution in [0, 0.1) is 0 Å². The Kier molecular flexibility index (Phi) is 8.64. The zero-order chi connectivity index (χ0) is 10.8. The van der Waals surface area contributed by atoms with E-state index in [1.165, 1.54) is 19.3 Å². The van der Waals surface area contributed by atoms with E-state index in [1.807, 2.05) is 0 Å². The molecule has 0 heterocycles. The molecule has 0 rings (SSSR count). The van der Waals surface area contributed by atoms with Crippen LogP contribution in [0.4, 0.5) is 0 Å². The first-order chi connectivity index (χ1) is 6.74. The number of unbranched alkanes of at least 4 members (excludes halogenated alkanes) is 1. The van der Waals surface area contributed by atoms with E-state index in [-0.39, 0.29) is 5.91 Å². The lowest BCUT2D eigenvalue weighted by molar-refractivity contribution is -0.120. The van der Waals surface area contributed by atoms with Crippen LogP contribution in [0.2, 0.25) is 0 Å². The Morgan fingerprint density at radius 3 is 2.57 bits per heavy atom. The Balaban J connectivity index is 3.46. The number of amides is 1. The number of carbonyl (C=O) groups excluding carboxylic acids is 1. The lowest BCUT2D eigenvalue weighted by Gasteiger charge is -2.15. The predicted octanol–water partition coefficient (Wildman–Crippen LogP) is 1.68. The normalized spacial score (nSPS) is 12.5. The molecule has 1 unspecified atom stereocenters. The lowest BCUT2D eigenvalue weighted by atomic mass is 10.1. The first-order valence-electron chi connectivity index (χ1n) is 5.68. The molecule has 0 aromatic carbocycles. The highest BCUT2D eigenvalue weighted by molar-refractivity contribution is 5.75. The highest BCUT2D eigenvalue weighted by Gasteiger charge is 2.05. The predicted molar refractivity (Wildman–Crippen MR) is 60.3 cm³/mol. The van der Waals surface area contributed by atoms with Crippen molar-refractivity contribution in [2.75, 3.05) is 13.6 Å². The average Bonchev–Trinajstić information content (AvgIpc) is 2.22. The number of nitrogens with one attached hydrogen (secondary N) is 2. The van der Waals surface area contributed by atoms with Gasteiger partial charge >= 0.3 is 0 Å². The quantitative estimate of drug-likeness (QED) is 0.626. The van der Waals surface area contributed by atoms with E-state index in [2.05, 4.69) is 24.5 Å². The molecule has 0 saturated heterocycles. The van der Waals surface area contributed by atoms with Crippen LogP contribution in [0.25, 0.3) is 0 Å². The van der Waals surface area contributed by atoms with E-state index in [9.17, 15) is 4.79 Å². The van der Waals surface area contributed by atoms with Crippen LogP contribution in [0.5, 0.6) is 0 Å². The molecule has 1 atom stereocenters. The summed E-state index contributed by atoms with van der Waals surface area (Å²) >= 11 is 0. The van der Waals surface area contributed by atoms with Crippen LogP contribution < -0.4 is 10.6 Å². The maximum atomic E-state index is 10.9. The molecular weight excluding hydrogens is 176 g/mol. The van der Waals surface area contributed by atoms with E-state index in [4.69, 9.17) is 0 Å². The SMILES string of the molecule is CCCCC(CC)NCCC(=O)NC. The van der Waals surface area contributed by atoms with Gasteiger partial charge in [-0.2, -0.15) is 0 Å². The van der Waals surface area contributed by atoms with Crippen molar-refractivity contribution in [3.63, 3.8) is 0 Å². The molecule has 3 heteroatoms. The first-order valence-corrected chi connectivity index (χ1v) is 5.68. The zero-order valence-electron chi connectivity index (χ0n) is 9.73. The number of rotatable bonds is 8. The molecule has 0 bridgehead atoms. The molecule has 0 aliphatic carbocycles. The van der Waals surface area contributed by atoms with Gasteiger partial charge in [0.1, 0.15) is 0 Å². The molecule has 0 aliphatic heterocycles. The fraction of sp³-hybridized carbons (Fsp3) is 0.909. The second-order valence-electron chi connectivity index (χ2n) is 3.62. The Bertz CT molecular complexity index is 148. The van der Waals surface area contributed by atoms with Gasteiger partial charge in [-0.05, 0) is 12.8 Å². The third kappa shape index (κ3) is 6.89. The molecule has 0 aliphatic rings. The standard InChI is InChI=1S/C11H24N2O/c1-4-6-7-10(5-2)13-9-8-11(14)12-3/h10,13H,4-9H2,1-3H3,(H,12,14). The first kappa shape index (κ1) is 13.4. The second-order valence-corrected chi connectivity index (χ2v) is 3.62. The highest BCUT2D eigenvalue weighted by atomic mass is 16.1. The van der Waals surface area contributed by atoms with Gasteiger partial charge in [0.15, 0.2) is 0 Å². The minimum Gasteiger partial charge on any atom is -0.359 e.